The van der Waals surface area contributed by atoms with Crippen molar-refractivity contribution in [3.8, 4) is 0 Å². The number of hydrogen-bond donors (Lipinski definition) is 2. The molecule has 0 aliphatic carbocycles. The first-order valence-corrected chi connectivity index (χ1v) is 7.22. The standard InChI is InChI=1S/C18H19N3/c1-2-20-17(16-8-5-11-21-18(16)19)15-10-9-13-6-3-4-7-14(13)12-15/h3-12,17,20H,2H2,1H3,(H2,19,21). The SMILES string of the molecule is CCNC(c1ccc2ccccc2c1)c1cccnc1N. The maximum atomic E-state index is 6.05. The van der Waals surface area contributed by atoms with Crippen molar-refractivity contribution in [2.45, 2.75) is 13.0 Å². The highest BCUT2D eigenvalue weighted by molar-refractivity contribution is 5.83. The van der Waals surface area contributed by atoms with Crippen LogP contribution in [-0.4, -0.2) is 11.5 Å². The van der Waals surface area contributed by atoms with Gasteiger partial charge in [0.2, 0.25) is 0 Å². The van der Waals surface area contributed by atoms with E-state index in [1.54, 1.807) is 6.20 Å². The van der Waals surface area contributed by atoms with E-state index < -0.39 is 0 Å². The van der Waals surface area contributed by atoms with E-state index in [4.69, 9.17) is 5.73 Å². The summed E-state index contributed by atoms with van der Waals surface area (Å²) in [6.45, 7) is 2.96. The van der Waals surface area contributed by atoms with E-state index in [9.17, 15) is 0 Å². The molecule has 1 aromatic heterocycles. The summed E-state index contributed by atoms with van der Waals surface area (Å²) in [4.78, 5) is 4.21. The summed E-state index contributed by atoms with van der Waals surface area (Å²) in [5.41, 5.74) is 8.28. The van der Waals surface area contributed by atoms with Crippen LogP contribution in [0.25, 0.3) is 10.8 Å². The van der Waals surface area contributed by atoms with Gasteiger partial charge in [0.05, 0.1) is 6.04 Å². The second-order valence-electron chi connectivity index (χ2n) is 5.08. The van der Waals surface area contributed by atoms with Crippen LogP contribution in [0.3, 0.4) is 0 Å². The quantitative estimate of drug-likeness (QED) is 0.767. The Hall–Kier alpha value is -2.39. The van der Waals surface area contributed by atoms with Gasteiger partial charge in [-0.25, -0.2) is 4.98 Å². The van der Waals surface area contributed by atoms with E-state index in [0.29, 0.717) is 5.82 Å². The highest BCUT2D eigenvalue weighted by Crippen LogP contribution is 2.27. The largest absolute Gasteiger partial charge is 0.383 e. The molecule has 3 rings (SSSR count). The van der Waals surface area contributed by atoms with Gasteiger partial charge in [0.1, 0.15) is 5.82 Å². The fourth-order valence-corrected chi connectivity index (χ4v) is 2.67. The van der Waals surface area contributed by atoms with Crippen LogP contribution in [0.2, 0.25) is 0 Å². The van der Waals surface area contributed by atoms with Crippen molar-refractivity contribution in [1.82, 2.24) is 10.3 Å². The second kappa shape index (κ2) is 5.94. The number of nitrogen functional groups attached to an aromatic ring is 1. The summed E-state index contributed by atoms with van der Waals surface area (Å²) in [7, 11) is 0. The highest BCUT2D eigenvalue weighted by atomic mass is 14.9. The lowest BCUT2D eigenvalue weighted by atomic mass is 9.96. The summed E-state index contributed by atoms with van der Waals surface area (Å²) >= 11 is 0. The van der Waals surface area contributed by atoms with E-state index in [1.165, 1.54) is 16.3 Å². The van der Waals surface area contributed by atoms with Gasteiger partial charge >= 0.3 is 0 Å². The molecule has 21 heavy (non-hydrogen) atoms. The number of hydrogen-bond acceptors (Lipinski definition) is 3. The maximum Gasteiger partial charge on any atom is 0.128 e. The van der Waals surface area contributed by atoms with Gasteiger partial charge in [-0.2, -0.15) is 0 Å². The van der Waals surface area contributed by atoms with Crippen LogP contribution in [0.15, 0.2) is 60.8 Å². The van der Waals surface area contributed by atoms with Crippen LogP contribution in [0.4, 0.5) is 5.82 Å². The summed E-state index contributed by atoms with van der Waals surface area (Å²) in [5, 5.41) is 5.98. The first-order valence-electron chi connectivity index (χ1n) is 7.22. The van der Waals surface area contributed by atoms with Gasteiger partial charge in [0.15, 0.2) is 0 Å². The third-order valence-corrected chi connectivity index (χ3v) is 3.70. The van der Waals surface area contributed by atoms with Crippen molar-refractivity contribution in [3.63, 3.8) is 0 Å². The molecule has 0 spiro atoms. The van der Waals surface area contributed by atoms with Crippen molar-refractivity contribution >= 4 is 16.6 Å². The van der Waals surface area contributed by atoms with Crippen LogP contribution < -0.4 is 11.1 Å². The third kappa shape index (κ3) is 2.73. The molecule has 0 aliphatic rings. The number of anilines is 1. The number of nitrogens with two attached hydrogens (primary N) is 1. The van der Waals surface area contributed by atoms with E-state index in [-0.39, 0.29) is 6.04 Å². The summed E-state index contributed by atoms with van der Waals surface area (Å²) < 4.78 is 0. The lowest BCUT2D eigenvalue weighted by molar-refractivity contribution is 0.631. The zero-order valence-corrected chi connectivity index (χ0v) is 12.1. The van der Waals surface area contributed by atoms with Gasteiger partial charge < -0.3 is 11.1 Å². The number of aromatic nitrogens is 1. The van der Waals surface area contributed by atoms with Gasteiger partial charge in [0.25, 0.3) is 0 Å². The number of nitrogens with one attached hydrogen (secondary N) is 1. The Morgan fingerprint density at radius 1 is 1.05 bits per heavy atom. The third-order valence-electron chi connectivity index (χ3n) is 3.70. The molecule has 0 radical (unpaired) electrons. The molecule has 0 bridgehead atoms. The summed E-state index contributed by atoms with van der Waals surface area (Å²) in [5.74, 6) is 0.580. The Morgan fingerprint density at radius 2 is 1.86 bits per heavy atom. The summed E-state index contributed by atoms with van der Waals surface area (Å²) in [6, 6.07) is 18.9. The average molecular weight is 277 g/mol. The molecule has 3 heteroatoms. The predicted molar refractivity (Wildman–Crippen MR) is 88.1 cm³/mol. The molecule has 1 heterocycles. The van der Waals surface area contributed by atoms with E-state index in [2.05, 4.69) is 59.7 Å². The maximum absolute atomic E-state index is 6.05. The van der Waals surface area contributed by atoms with Crippen LogP contribution >= 0.6 is 0 Å². The van der Waals surface area contributed by atoms with E-state index in [1.807, 2.05) is 12.1 Å². The minimum atomic E-state index is 0.0632. The number of nitrogens with zero attached hydrogens (tertiary/aromatic N) is 1. The fraction of sp³-hybridized carbons (Fsp3) is 0.167. The van der Waals surface area contributed by atoms with Gasteiger partial charge in [-0.1, -0.05) is 49.4 Å². The molecule has 3 N–H and O–H groups in total. The van der Waals surface area contributed by atoms with Crippen LogP contribution in [0, 0.1) is 0 Å². The average Bonchev–Trinajstić information content (AvgIpc) is 2.53. The molecule has 3 aromatic rings. The molecule has 106 valence electrons. The number of rotatable bonds is 4. The minimum Gasteiger partial charge on any atom is -0.383 e. The number of benzene rings is 2. The first-order chi connectivity index (χ1) is 10.3. The zero-order chi connectivity index (χ0) is 14.7. The van der Waals surface area contributed by atoms with Crippen molar-refractivity contribution in [2.24, 2.45) is 0 Å². The monoisotopic (exact) mass is 277 g/mol. The highest BCUT2D eigenvalue weighted by Gasteiger charge is 2.16. The molecule has 0 aliphatic heterocycles. The zero-order valence-electron chi connectivity index (χ0n) is 12.1. The molecule has 3 nitrogen and oxygen atoms in total. The Balaban J connectivity index is 2.09. The summed E-state index contributed by atoms with van der Waals surface area (Å²) in [6.07, 6.45) is 1.72. The van der Waals surface area contributed by atoms with Gasteiger partial charge in [0, 0.05) is 11.8 Å². The fourth-order valence-electron chi connectivity index (χ4n) is 2.67. The van der Waals surface area contributed by atoms with Crippen molar-refractivity contribution in [1.29, 1.82) is 0 Å². The second-order valence-corrected chi connectivity index (χ2v) is 5.08. The molecule has 1 unspecified atom stereocenters. The Labute approximate surface area is 124 Å². The minimum absolute atomic E-state index is 0.0632. The van der Waals surface area contributed by atoms with E-state index >= 15 is 0 Å². The van der Waals surface area contributed by atoms with Crippen molar-refractivity contribution in [2.75, 3.05) is 12.3 Å². The molecule has 0 saturated heterocycles. The molecular formula is C18H19N3. The van der Waals surface area contributed by atoms with Crippen LogP contribution in [0.1, 0.15) is 24.1 Å². The van der Waals surface area contributed by atoms with Gasteiger partial charge in [-0.05, 0) is 35.0 Å². The van der Waals surface area contributed by atoms with E-state index in [0.717, 1.165) is 12.1 Å². The predicted octanol–water partition coefficient (Wildman–Crippen LogP) is 3.52. The molecule has 0 fully saturated rings. The lowest BCUT2D eigenvalue weighted by Gasteiger charge is -2.20. The Morgan fingerprint density at radius 3 is 2.62 bits per heavy atom. The normalized spacial score (nSPS) is 12.4. The molecule has 1 atom stereocenters. The van der Waals surface area contributed by atoms with Crippen molar-refractivity contribution < 1.29 is 0 Å². The molecule has 0 saturated carbocycles. The van der Waals surface area contributed by atoms with Crippen LogP contribution in [0.5, 0.6) is 0 Å². The Kier molecular flexibility index (Phi) is 3.84. The van der Waals surface area contributed by atoms with Crippen molar-refractivity contribution in [3.05, 3.63) is 71.9 Å². The smallest absolute Gasteiger partial charge is 0.128 e. The Bertz CT molecular complexity index is 752. The van der Waals surface area contributed by atoms with Crippen LogP contribution in [-0.2, 0) is 0 Å². The first kappa shape index (κ1) is 13.6. The van der Waals surface area contributed by atoms with Gasteiger partial charge in [-0.3, -0.25) is 0 Å². The molecule has 0 amide bonds. The molecule has 2 aromatic carbocycles. The lowest BCUT2D eigenvalue weighted by Crippen LogP contribution is -2.23. The topological polar surface area (TPSA) is 50.9 Å². The number of pyridine rings is 1. The van der Waals surface area contributed by atoms with Gasteiger partial charge in [-0.15, -0.1) is 0 Å². The molecular weight excluding hydrogens is 258 g/mol. The number of fused-ring (bicyclic) bond motifs is 1.